The van der Waals surface area contributed by atoms with Crippen molar-refractivity contribution in [3.8, 4) is 27.9 Å². The third-order valence-corrected chi connectivity index (χ3v) is 9.16. The molecule has 0 saturated heterocycles. The van der Waals surface area contributed by atoms with Crippen LogP contribution in [0.25, 0.3) is 81.9 Å². The molecule has 0 unspecified atom stereocenters. The Kier molecular flexibility index (Phi) is 5.69. The first kappa shape index (κ1) is 25.5. The Morgan fingerprint density at radius 1 is 0.356 bits per heavy atom. The molecule has 0 aliphatic heterocycles. The molecule has 0 radical (unpaired) electrons. The van der Waals surface area contributed by atoms with Crippen molar-refractivity contribution in [2.75, 3.05) is 0 Å². The zero-order valence-electron chi connectivity index (χ0n) is 24.4. The summed E-state index contributed by atoms with van der Waals surface area (Å²) in [6.07, 6.45) is 0. The lowest BCUT2D eigenvalue weighted by Crippen LogP contribution is -2.20. The van der Waals surface area contributed by atoms with Gasteiger partial charge in [0, 0.05) is 21.5 Å². The molecule has 0 spiro atoms. The molecule has 9 aromatic rings. The van der Waals surface area contributed by atoms with Crippen molar-refractivity contribution in [1.82, 2.24) is 4.57 Å². The lowest BCUT2D eigenvalue weighted by atomic mass is 9.88. The third kappa shape index (κ3) is 3.93. The van der Waals surface area contributed by atoms with Gasteiger partial charge in [-0.1, -0.05) is 140 Å². The Labute approximate surface area is 260 Å². The third-order valence-electron chi connectivity index (χ3n) is 9.16. The van der Waals surface area contributed by atoms with E-state index in [1.807, 2.05) is 41.0 Å². The van der Waals surface area contributed by atoms with Crippen LogP contribution < -0.4 is 5.56 Å². The van der Waals surface area contributed by atoms with Crippen LogP contribution in [0.5, 0.6) is 0 Å². The number of pyridine rings is 1. The van der Waals surface area contributed by atoms with E-state index in [1.165, 1.54) is 16.3 Å². The fraction of sp³-hybridized carbons (Fsp3) is 0. The summed E-state index contributed by atoms with van der Waals surface area (Å²) in [6, 6.07) is 57.2. The summed E-state index contributed by atoms with van der Waals surface area (Å²) < 4.78 is 1.95. The van der Waals surface area contributed by atoms with Gasteiger partial charge in [0.05, 0.1) is 11.2 Å². The molecule has 1 aromatic heterocycles. The normalized spacial score (nSPS) is 11.6. The highest BCUT2D eigenvalue weighted by Gasteiger charge is 2.21. The van der Waals surface area contributed by atoms with Crippen LogP contribution in [0.15, 0.2) is 169 Å². The van der Waals surface area contributed by atoms with Gasteiger partial charge < -0.3 is 0 Å². The number of rotatable bonds is 3. The van der Waals surface area contributed by atoms with Gasteiger partial charge in [-0.3, -0.25) is 9.36 Å². The quantitative estimate of drug-likeness (QED) is 0.152. The highest BCUT2D eigenvalue weighted by atomic mass is 16.1. The fourth-order valence-corrected chi connectivity index (χ4v) is 7.11. The van der Waals surface area contributed by atoms with E-state index in [-0.39, 0.29) is 5.56 Å². The van der Waals surface area contributed by atoms with Crippen molar-refractivity contribution in [2.45, 2.75) is 0 Å². The van der Waals surface area contributed by atoms with Gasteiger partial charge in [-0.25, -0.2) is 0 Å². The predicted molar refractivity (Wildman–Crippen MR) is 190 cm³/mol. The molecule has 0 aliphatic carbocycles. The number of para-hydroxylation sites is 1. The predicted octanol–water partition coefficient (Wildman–Crippen LogP) is 10.9. The Bertz CT molecular complexity index is 2670. The Balaban J connectivity index is 1.46. The van der Waals surface area contributed by atoms with E-state index in [0.717, 1.165) is 60.2 Å². The first-order valence-electron chi connectivity index (χ1n) is 15.3. The molecule has 2 nitrogen and oxygen atoms in total. The summed E-state index contributed by atoms with van der Waals surface area (Å²) >= 11 is 0. The topological polar surface area (TPSA) is 22.0 Å². The largest absolute Gasteiger partial charge is 0.275 e. The van der Waals surface area contributed by atoms with E-state index in [2.05, 4.69) is 127 Å². The fourth-order valence-electron chi connectivity index (χ4n) is 7.11. The zero-order chi connectivity index (χ0) is 29.9. The van der Waals surface area contributed by atoms with Gasteiger partial charge in [0.15, 0.2) is 0 Å². The molecule has 45 heavy (non-hydrogen) atoms. The molecule has 0 fully saturated rings. The average molecular weight is 574 g/mol. The van der Waals surface area contributed by atoms with Crippen molar-refractivity contribution in [3.63, 3.8) is 0 Å². The molecule has 0 aliphatic rings. The number of fused-ring (bicyclic) bond motifs is 6. The minimum Gasteiger partial charge on any atom is -0.275 e. The van der Waals surface area contributed by atoms with Crippen LogP contribution >= 0.6 is 0 Å². The van der Waals surface area contributed by atoms with Crippen molar-refractivity contribution in [2.24, 2.45) is 0 Å². The molecule has 0 N–H and O–H groups in total. The number of hydrogen-bond acceptors (Lipinski definition) is 1. The summed E-state index contributed by atoms with van der Waals surface area (Å²) in [5, 5.41) is 9.51. The maximum absolute atomic E-state index is 14.6. The van der Waals surface area contributed by atoms with Crippen LogP contribution in [-0.2, 0) is 0 Å². The van der Waals surface area contributed by atoms with Crippen LogP contribution in [0.1, 0.15) is 0 Å². The molecule has 0 saturated carbocycles. The van der Waals surface area contributed by atoms with Crippen LogP contribution in [0.2, 0.25) is 0 Å². The summed E-state index contributed by atoms with van der Waals surface area (Å²) in [5.41, 5.74) is 6.43. The lowest BCUT2D eigenvalue weighted by molar-refractivity contribution is 1.08. The second-order valence-corrected chi connectivity index (χ2v) is 11.7. The van der Waals surface area contributed by atoms with Crippen LogP contribution in [-0.4, -0.2) is 4.57 Å². The van der Waals surface area contributed by atoms with Crippen molar-refractivity contribution in [1.29, 1.82) is 0 Å². The number of nitrogens with zero attached hydrogens (tertiary/aromatic N) is 1. The smallest absolute Gasteiger partial charge is 0.263 e. The van der Waals surface area contributed by atoms with E-state index in [4.69, 9.17) is 0 Å². The Morgan fingerprint density at radius 3 is 1.76 bits per heavy atom. The SMILES string of the molecule is O=c1c2ccccc2c2ccccc2n1-c1c2ccccc2c(-c2ccccc2)c2cc(-c3ccc4ccccc4c3)ccc12. The van der Waals surface area contributed by atoms with E-state index in [9.17, 15) is 4.79 Å². The monoisotopic (exact) mass is 573 g/mol. The molecular formula is C43H27NO. The Hall–Kier alpha value is -5.99. The van der Waals surface area contributed by atoms with Gasteiger partial charge in [-0.05, 0) is 73.5 Å². The van der Waals surface area contributed by atoms with Gasteiger partial charge >= 0.3 is 0 Å². The minimum absolute atomic E-state index is 0.0122. The first-order valence-corrected chi connectivity index (χ1v) is 15.3. The summed E-state index contributed by atoms with van der Waals surface area (Å²) in [7, 11) is 0. The van der Waals surface area contributed by atoms with Crippen LogP contribution in [0, 0.1) is 0 Å². The van der Waals surface area contributed by atoms with Crippen molar-refractivity contribution < 1.29 is 0 Å². The van der Waals surface area contributed by atoms with Gasteiger partial charge in [0.2, 0.25) is 0 Å². The van der Waals surface area contributed by atoms with Gasteiger partial charge in [0.1, 0.15) is 0 Å². The average Bonchev–Trinajstić information content (AvgIpc) is 3.11. The second-order valence-electron chi connectivity index (χ2n) is 11.7. The van der Waals surface area contributed by atoms with Gasteiger partial charge in [0.25, 0.3) is 5.56 Å². The van der Waals surface area contributed by atoms with Crippen molar-refractivity contribution in [3.05, 3.63) is 174 Å². The van der Waals surface area contributed by atoms with Crippen molar-refractivity contribution >= 4 is 54.0 Å². The van der Waals surface area contributed by atoms with Gasteiger partial charge in [-0.2, -0.15) is 0 Å². The number of aromatic nitrogens is 1. The van der Waals surface area contributed by atoms with Crippen LogP contribution in [0.3, 0.4) is 0 Å². The molecule has 2 heteroatoms. The Morgan fingerprint density at radius 2 is 0.933 bits per heavy atom. The van der Waals surface area contributed by atoms with E-state index < -0.39 is 0 Å². The number of hydrogen-bond donors (Lipinski definition) is 0. The maximum atomic E-state index is 14.6. The lowest BCUT2D eigenvalue weighted by Gasteiger charge is -2.21. The molecule has 0 atom stereocenters. The van der Waals surface area contributed by atoms with E-state index in [1.54, 1.807) is 0 Å². The van der Waals surface area contributed by atoms with Crippen LogP contribution in [0.4, 0.5) is 0 Å². The number of benzene rings is 8. The molecule has 0 bridgehead atoms. The molecule has 210 valence electrons. The minimum atomic E-state index is -0.0122. The summed E-state index contributed by atoms with van der Waals surface area (Å²) in [5.74, 6) is 0. The molecule has 0 amide bonds. The highest BCUT2D eigenvalue weighted by Crippen LogP contribution is 2.43. The maximum Gasteiger partial charge on any atom is 0.263 e. The second kappa shape index (κ2) is 10.0. The highest BCUT2D eigenvalue weighted by molar-refractivity contribution is 6.20. The molecule has 1 heterocycles. The van der Waals surface area contributed by atoms with Gasteiger partial charge in [-0.15, -0.1) is 0 Å². The summed E-state index contributed by atoms with van der Waals surface area (Å²) in [6.45, 7) is 0. The zero-order valence-corrected chi connectivity index (χ0v) is 24.4. The van der Waals surface area contributed by atoms with E-state index in [0.29, 0.717) is 5.39 Å². The van der Waals surface area contributed by atoms with E-state index >= 15 is 0 Å². The standard InChI is InChI=1S/C43H27NO/c45-43-38-20-9-6-16-33(38)34-17-10-11-21-40(34)44(43)42-36-19-8-7-18-35(36)41(29-13-2-1-3-14-29)39-27-32(24-25-37(39)42)31-23-22-28-12-4-5-15-30(28)26-31/h1-27H. The summed E-state index contributed by atoms with van der Waals surface area (Å²) in [4.78, 5) is 14.6. The first-order chi connectivity index (χ1) is 22.3. The molecule has 9 rings (SSSR count). The molecular weight excluding hydrogens is 546 g/mol. The molecule has 8 aromatic carbocycles.